The Morgan fingerprint density at radius 3 is 2.26 bits per heavy atom. The number of carbonyl (C=O) groups is 3. The number of carbonyl (C=O) groups excluding carboxylic acids is 1. The number of fused-ring (bicyclic) bond motifs is 1. The fourth-order valence-electron chi connectivity index (χ4n) is 4.17. The van der Waals surface area contributed by atoms with Gasteiger partial charge < -0.3 is 20.5 Å². The van der Waals surface area contributed by atoms with E-state index in [9.17, 15) is 24.6 Å². The lowest BCUT2D eigenvalue weighted by molar-refractivity contribution is -0.143. The van der Waals surface area contributed by atoms with Crippen LogP contribution in [0, 0.1) is 5.92 Å². The number of H-pyrrole nitrogens is 1. The van der Waals surface area contributed by atoms with Crippen molar-refractivity contribution in [3.05, 3.63) is 71.9 Å². The Balaban J connectivity index is 1.72. The van der Waals surface area contributed by atoms with E-state index in [2.05, 4.69) is 15.6 Å². The number of aryl methyl sites for hydroxylation is 1. The lowest BCUT2D eigenvalue weighted by Gasteiger charge is -2.28. The molecule has 1 heterocycles. The van der Waals surface area contributed by atoms with Crippen molar-refractivity contribution >= 4 is 28.7 Å². The quantitative estimate of drug-likeness (QED) is 0.255. The second-order valence-corrected chi connectivity index (χ2v) is 8.91. The Morgan fingerprint density at radius 2 is 1.60 bits per heavy atom. The molecule has 5 N–H and O–H groups in total. The Morgan fingerprint density at radius 1 is 0.943 bits per heavy atom. The van der Waals surface area contributed by atoms with Crippen molar-refractivity contribution in [3.63, 3.8) is 0 Å². The predicted octanol–water partition coefficient (Wildman–Crippen LogP) is 3.37. The van der Waals surface area contributed by atoms with E-state index >= 15 is 0 Å². The highest BCUT2D eigenvalue weighted by Crippen LogP contribution is 2.20. The molecule has 2 aromatic carbocycles. The molecule has 8 heteroatoms. The van der Waals surface area contributed by atoms with Gasteiger partial charge >= 0.3 is 11.9 Å². The van der Waals surface area contributed by atoms with Gasteiger partial charge in [-0.1, -0.05) is 68.8 Å². The van der Waals surface area contributed by atoms with Crippen molar-refractivity contribution in [1.29, 1.82) is 0 Å². The molecule has 3 rings (SSSR count). The molecule has 0 spiro atoms. The lowest BCUT2D eigenvalue weighted by atomic mass is 9.95. The zero-order chi connectivity index (χ0) is 25.4. The highest BCUT2D eigenvalue weighted by molar-refractivity contribution is 5.89. The topological polar surface area (TPSA) is 132 Å². The van der Waals surface area contributed by atoms with E-state index in [1.807, 2.05) is 68.4 Å². The second kappa shape index (κ2) is 12.2. The van der Waals surface area contributed by atoms with Crippen molar-refractivity contribution in [1.82, 2.24) is 15.6 Å². The van der Waals surface area contributed by atoms with Gasteiger partial charge in [0.2, 0.25) is 5.91 Å². The van der Waals surface area contributed by atoms with Gasteiger partial charge in [-0.3, -0.25) is 14.9 Å². The molecule has 0 radical (unpaired) electrons. The van der Waals surface area contributed by atoms with E-state index in [0.29, 0.717) is 19.3 Å². The monoisotopic (exact) mass is 479 g/mol. The minimum Gasteiger partial charge on any atom is -0.480 e. The molecule has 186 valence electrons. The smallest absolute Gasteiger partial charge is 0.326 e. The van der Waals surface area contributed by atoms with Crippen LogP contribution in [0.15, 0.2) is 60.8 Å². The normalized spacial score (nSPS) is 14.7. The van der Waals surface area contributed by atoms with Crippen molar-refractivity contribution in [2.24, 2.45) is 5.92 Å². The van der Waals surface area contributed by atoms with Gasteiger partial charge in [-0.05, 0) is 36.0 Å². The summed E-state index contributed by atoms with van der Waals surface area (Å²) in [6.07, 6.45) is 3.32. The van der Waals surface area contributed by atoms with Gasteiger partial charge in [0, 0.05) is 23.5 Å². The molecule has 4 atom stereocenters. The molecule has 8 nitrogen and oxygen atoms in total. The van der Waals surface area contributed by atoms with Crippen LogP contribution >= 0.6 is 0 Å². The van der Waals surface area contributed by atoms with Crippen molar-refractivity contribution in [2.75, 3.05) is 0 Å². The number of benzene rings is 2. The zero-order valence-corrected chi connectivity index (χ0v) is 20.0. The van der Waals surface area contributed by atoms with Crippen molar-refractivity contribution in [2.45, 2.75) is 57.7 Å². The van der Waals surface area contributed by atoms with Gasteiger partial charge in [0.15, 0.2) is 0 Å². The molecule has 35 heavy (non-hydrogen) atoms. The molecule has 0 aliphatic heterocycles. The number of carboxylic acid groups (broad SMARTS) is 2. The van der Waals surface area contributed by atoms with E-state index in [1.54, 1.807) is 6.20 Å². The van der Waals surface area contributed by atoms with Crippen LogP contribution in [0.1, 0.15) is 37.8 Å². The van der Waals surface area contributed by atoms with Gasteiger partial charge in [-0.2, -0.15) is 0 Å². The number of carboxylic acids is 2. The summed E-state index contributed by atoms with van der Waals surface area (Å²) in [5.74, 6) is -2.91. The molecule has 2 unspecified atom stereocenters. The summed E-state index contributed by atoms with van der Waals surface area (Å²) in [7, 11) is 0. The number of aromatic amines is 1. The molecule has 3 aromatic rings. The Hall–Kier alpha value is -3.65. The first-order chi connectivity index (χ1) is 16.8. The number of hydrogen-bond acceptors (Lipinski definition) is 4. The molecular weight excluding hydrogens is 446 g/mol. The first-order valence-electron chi connectivity index (χ1n) is 11.9. The van der Waals surface area contributed by atoms with Gasteiger partial charge in [-0.15, -0.1) is 0 Å². The van der Waals surface area contributed by atoms with Crippen LogP contribution in [-0.4, -0.2) is 51.2 Å². The van der Waals surface area contributed by atoms with Gasteiger partial charge in [0.1, 0.15) is 12.1 Å². The van der Waals surface area contributed by atoms with Gasteiger partial charge in [-0.25, -0.2) is 4.79 Å². The van der Waals surface area contributed by atoms with Crippen LogP contribution in [-0.2, 0) is 27.2 Å². The lowest BCUT2D eigenvalue weighted by Crippen LogP contribution is -2.56. The Bertz CT molecular complexity index is 1140. The molecule has 0 bridgehead atoms. The molecule has 1 amide bonds. The van der Waals surface area contributed by atoms with Crippen molar-refractivity contribution in [3.8, 4) is 0 Å². The van der Waals surface area contributed by atoms with Gasteiger partial charge in [0.05, 0.1) is 6.04 Å². The number of aromatic nitrogens is 1. The van der Waals surface area contributed by atoms with Crippen LogP contribution in [0.3, 0.4) is 0 Å². The maximum Gasteiger partial charge on any atom is 0.326 e. The molecule has 0 saturated heterocycles. The minimum atomic E-state index is -1.15. The number of para-hydroxylation sites is 1. The molecule has 0 fully saturated rings. The maximum absolute atomic E-state index is 13.2. The SMILES string of the molecule is CCC(C)[C@H](NC(CCc1ccccc1)C(=O)O)C(=O)N[C@@H](Cc1c[nH]c2ccccc12)C(=O)O. The van der Waals surface area contributed by atoms with Crippen LogP contribution in [0.4, 0.5) is 0 Å². The third kappa shape index (κ3) is 6.93. The number of hydrogen-bond donors (Lipinski definition) is 5. The van der Waals surface area contributed by atoms with Crippen LogP contribution < -0.4 is 10.6 Å². The molecule has 0 aliphatic rings. The molecular formula is C27H33N3O5. The summed E-state index contributed by atoms with van der Waals surface area (Å²) in [5.41, 5.74) is 2.68. The van der Waals surface area contributed by atoms with Gasteiger partial charge in [0.25, 0.3) is 0 Å². The number of nitrogens with one attached hydrogen (secondary N) is 3. The summed E-state index contributed by atoms with van der Waals surface area (Å²) in [4.78, 5) is 40.3. The predicted molar refractivity (Wildman–Crippen MR) is 134 cm³/mol. The third-order valence-electron chi connectivity index (χ3n) is 6.45. The summed E-state index contributed by atoms with van der Waals surface area (Å²) >= 11 is 0. The summed E-state index contributed by atoms with van der Waals surface area (Å²) in [6, 6.07) is 14.2. The summed E-state index contributed by atoms with van der Waals surface area (Å²) < 4.78 is 0. The number of aliphatic carboxylic acids is 2. The van der Waals surface area contributed by atoms with E-state index in [-0.39, 0.29) is 12.3 Å². The Kier molecular flexibility index (Phi) is 9.03. The summed E-state index contributed by atoms with van der Waals surface area (Å²) in [5, 5.41) is 26.1. The molecule has 1 aromatic heterocycles. The molecule has 0 saturated carbocycles. The standard InChI is InChI=1S/C27H33N3O5/c1-3-17(2)24(29-22(26(32)33)14-13-18-9-5-4-6-10-18)25(31)30-23(27(34)35)15-19-16-28-21-12-8-7-11-20(19)21/h4-12,16-17,22-24,28-29H,3,13-15H2,1-2H3,(H,30,31)(H,32,33)(H,34,35)/t17?,22?,23-,24-/m0/s1. The Labute approximate surface area is 204 Å². The average molecular weight is 480 g/mol. The maximum atomic E-state index is 13.2. The number of rotatable bonds is 13. The zero-order valence-electron chi connectivity index (χ0n) is 20.0. The second-order valence-electron chi connectivity index (χ2n) is 8.91. The first kappa shape index (κ1) is 26.0. The largest absolute Gasteiger partial charge is 0.480 e. The fourth-order valence-corrected chi connectivity index (χ4v) is 4.17. The van der Waals surface area contributed by atoms with Crippen LogP contribution in [0.25, 0.3) is 10.9 Å². The van der Waals surface area contributed by atoms with E-state index in [4.69, 9.17) is 0 Å². The first-order valence-corrected chi connectivity index (χ1v) is 11.9. The number of amides is 1. The summed E-state index contributed by atoms with van der Waals surface area (Å²) in [6.45, 7) is 3.76. The van der Waals surface area contributed by atoms with Crippen molar-refractivity contribution < 1.29 is 24.6 Å². The van der Waals surface area contributed by atoms with E-state index in [0.717, 1.165) is 22.0 Å². The van der Waals surface area contributed by atoms with Crippen LogP contribution in [0.5, 0.6) is 0 Å². The highest BCUT2D eigenvalue weighted by Gasteiger charge is 2.32. The van der Waals surface area contributed by atoms with Crippen LogP contribution in [0.2, 0.25) is 0 Å². The fraction of sp³-hybridized carbons (Fsp3) is 0.370. The van der Waals surface area contributed by atoms with E-state index < -0.39 is 36.0 Å². The third-order valence-corrected chi connectivity index (χ3v) is 6.45. The van der Waals surface area contributed by atoms with E-state index in [1.165, 1.54) is 0 Å². The minimum absolute atomic E-state index is 0.106. The highest BCUT2D eigenvalue weighted by atomic mass is 16.4. The molecule has 0 aliphatic carbocycles. The average Bonchev–Trinajstić information content (AvgIpc) is 3.26.